The Balaban J connectivity index is 0.000000344. The first-order chi connectivity index (χ1) is 16.1. The van der Waals surface area contributed by atoms with Crippen molar-refractivity contribution in [3.05, 3.63) is 52.3 Å². The highest BCUT2D eigenvalue weighted by molar-refractivity contribution is 5.87. The van der Waals surface area contributed by atoms with Crippen LogP contribution in [-0.2, 0) is 17.8 Å². The van der Waals surface area contributed by atoms with Crippen LogP contribution in [0.3, 0.4) is 0 Å². The van der Waals surface area contributed by atoms with Gasteiger partial charge in [-0.1, -0.05) is 16.8 Å². The number of benzene rings is 1. The Bertz CT molecular complexity index is 1370. The summed E-state index contributed by atoms with van der Waals surface area (Å²) in [6.45, 7) is 7.84. The fourth-order valence-electron chi connectivity index (χ4n) is 3.82. The SMILES string of the molecule is Cc1ccc2oc(-c3nc(-c4c(C)ncc5c4CCNC5)no3)c(C)c2c1.O=C(O)C(F)(F)F. The third-order valence-electron chi connectivity index (χ3n) is 5.51. The molecule has 0 spiro atoms. The van der Waals surface area contributed by atoms with Crippen molar-refractivity contribution < 1.29 is 32.0 Å². The highest BCUT2D eigenvalue weighted by Crippen LogP contribution is 2.35. The number of carboxylic acid groups (broad SMARTS) is 1. The van der Waals surface area contributed by atoms with Gasteiger partial charge in [-0.05, 0) is 57.0 Å². The number of halogens is 3. The van der Waals surface area contributed by atoms with Gasteiger partial charge in [0.1, 0.15) is 5.58 Å². The van der Waals surface area contributed by atoms with E-state index in [-0.39, 0.29) is 0 Å². The molecule has 1 aliphatic heterocycles. The molecule has 1 aliphatic rings. The lowest BCUT2D eigenvalue weighted by atomic mass is 9.95. The van der Waals surface area contributed by atoms with Gasteiger partial charge >= 0.3 is 12.1 Å². The molecule has 4 heterocycles. The van der Waals surface area contributed by atoms with Gasteiger partial charge in [0.15, 0.2) is 5.76 Å². The van der Waals surface area contributed by atoms with Gasteiger partial charge in [-0.3, -0.25) is 4.98 Å². The molecule has 5 rings (SSSR count). The van der Waals surface area contributed by atoms with E-state index in [1.807, 2.05) is 32.2 Å². The molecule has 3 aromatic heterocycles. The second-order valence-electron chi connectivity index (χ2n) is 7.93. The average molecular weight is 474 g/mol. The largest absolute Gasteiger partial charge is 0.490 e. The van der Waals surface area contributed by atoms with Crippen LogP contribution in [0.2, 0.25) is 0 Å². The molecule has 0 fully saturated rings. The van der Waals surface area contributed by atoms with Crippen molar-refractivity contribution >= 4 is 16.9 Å². The maximum atomic E-state index is 10.6. The molecule has 8 nitrogen and oxygen atoms in total. The number of nitrogens with one attached hydrogen (secondary N) is 1. The quantitative estimate of drug-likeness (QED) is 0.428. The van der Waals surface area contributed by atoms with Gasteiger partial charge in [-0.2, -0.15) is 18.2 Å². The molecule has 11 heteroatoms. The molecule has 34 heavy (non-hydrogen) atoms. The fourth-order valence-corrected chi connectivity index (χ4v) is 3.82. The molecule has 0 aliphatic carbocycles. The van der Waals surface area contributed by atoms with E-state index in [9.17, 15) is 13.2 Å². The summed E-state index contributed by atoms with van der Waals surface area (Å²) in [5.74, 6) is -1.15. The maximum Gasteiger partial charge on any atom is 0.490 e. The van der Waals surface area contributed by atoms with Gasteiger partial charge in [0.2, 0.25) is 5.82 Å². The van der Waals surface area contributed by atoms with Gasteiger partial charge in [0, 0.05) is 34.9 Å². The number of nitrogens with zero attached hydrogens (tertiary/aromatic N) is 3. The minimum absolute atomic E-state index is 0.405. The van der Waals surface area contributed by atoms with Crippen molar-refractivity contribution in [2.45, 2.75) is 39.9 Å². The number of aliphatic carboxylic acids is 1. The third-order valence-corrected chi connectivity index (χ3v) is 5.51. The molecule has 178 valence electrons. The van der Waals surface area contributed by atoms with E-state index < -0.39 is 12.1 Å². The lowest BCUT2D eigenvalue weighted by Gasteiger charge is -2.19. The average Bonchev–Trinajstić information content (AvgIpc) is 3.38. The summed E-state index contributed by atoms with van der Waals surface area (Å²) >= 11 is 0. The van der Waals surface area contributed by atoms with Crippen molar-refractivity contribution in [1.82, 2.24) is 20.4 Å². The summed E-state index contributed by atoms with van der Waals surface area (Å²) in [6, 6.07) is 6.13. The summed E-state index contributed by atoms with van der Waals surface area (Å²) in [4.78, 5) is 18.1. The Morgan fingerprint density at radius 1 is 1.21 bits per heavy atom. The zero-order valence-electron chi connectivity index (χ0n) is 18.6. The molecule has 0 bridgehead atoms. The standard InChI is InChI=1S/C21H20N4O2.C2HF3O2/c1-11-4-5-17-16(8-11)12(2)19(26-17)21-24-20(25-27-21)18-13(3)23-10-14-9-22-7-6-15(14)18;3-2(4,5)1(6)7/h4-5,8,10,22H,6-7,9H2,1-3H3;(H,6,7). The molecule has 1 aromatic carbocycles. The number of rotatable bonds is 2. The van der Waals surface area contributed by atoms with Crippen LogP contribution in [0.15, 0.2) is 33.3 Å². The van der Waals surface area contributed by atoms with Gasteiger partial charge < -0.3 is 19.4 Å². The highest BCUT2D eigenvalue weighted by Gasteiger charge is 2.38. The van der Waals surface area contributed by atoms with Crippen LogP contribution in [0, 0.1) is 20.8 Å². The van der Waals surface area contributed by atoms with Crippen LogP contribution < -0.4 is 5.32 Å². The highest BCUT2D eigenvalue weighted by atomic mass is 19.4. The first-order valence-electron chi connectivity index (χ1n) is 10.4. The fraction of sp³-hybridized carbons (Fsp3) is 0.304. The van der Waals surface area contributed by atoms with Crippen LogP contribution in [0.5, 0.6) is 0 Å². The van der Waals surface area contributed by atoms with Gasteiger partial charge in [-0.25, -0.2) is 4.79 Å². The van der Waals surface area contributed by atoms with Crippen molar-refractivity contribution in [3.63, 3.8) is 0 Å². The molecule has 2 N–H and O–H groups in total. The molecule has 4 aromatic rings. The summed E-state index contributed by atoms with van der Waals surface area (Å²) in [7, 11) is 0. The normalized spacial score (nSPS) is 13.4. The van der Waals surface area contributed by atoms with Crippen LogP contribution in [0.1, 0.15) is 27.9 Å². The van der Waals surface area contributed by atoms with E-state index in [1.165, 1.54) is 16.7 Å². The molecule has 0 unspecified atom stereocenters. The predicted molar refractivity (Wildman–Crippen MR) is 116 cm³/mol. The smallest absolute Gasteiger partial charge is 0.475 e. The Kier molecular flexibility index (Phi) is 6.13. The topological polar surface area (TPSA) is 114 Å². The van der Waals surface area contributed by atoms with Crippen LogP contribution in [-0.4, -0.2) is 38.9 Å². The second-order valence-corrected chi connectivity index (χ2v) is 7.93. The molecule has 0 saturated carbocycles. The number of aromatic nitrogens is 3. The molecular formula is C23H21F3N4O4. The molecule has 0 amide bonds. The Morgan fingerprint density at radius 2 is 1.94 bits per heavy atom. The van der Waals surface area contributed by atoms with E-state index >= 15 is 0 Å². The Hall–Kier alpha value is -3.73. The van der Waals surface area contributed by atoms with E-state index in [0.717, 1.165) is 47.3 Å². The number of alkyl halides is 3. The second kappa shape index (κ2) is 8.90. The number of furan rings is 1. The van der Waals surface area contributed by atoms with E-state index in [1.54, 1.807) is 0 Å². The molecule has 0 saturated heterocycles. The predicted octanol–water partition coefficient (Wildman–Crippen LogP) is 4.75. The zero-order valence-corrected chi connectivity index (χ0v) is 18.6. The number of hydrogen-bond donors (Lipinski definition) is 2. The van der Waals surface area contributed by atoms with Crippen molar-refractivity contribution in [3.8, 4) is 23.0 Å². The number of pyridine rings is 1. The Morgan fingerprint density at radius 3 is 2.65 bits per heavy atom. The van der Waals surface area contributed by atoms with Crippen molar-refractivity contribution in [2.24, 2.45) is 0 Å². The molecular weight excluding hydrogens is 453 g/mol. The lowest BCUT2D eigenvalue weighted by molar-refractivity contribution is -0.192. The minimum atomic E-state index is -5.08. The number of carbonyl (C=O) groups is 1. The first kappa shape index (κ1) is 23.4. The van der Waals surface area contributed by atoms with Crippen LogP contribution in [0.4, 0.5) is 13.2 Å². The number of hydrogen-bond acceptors (Lipinski definition) is 7. The molecule has 0 radical (unpaired) electrons. The van der Waals surface area contributed by atoms with E-state index in [4.69, 9.17) is 18.8 Å². The van der Waals surface area contributed by atoms with Gasteiger partial charge in [-0.15, -0.1) is 0 Å². The molecule has 0 atom stereocenters. The maximum absolute atomic E-state index is 10.6. The van der Waals surface area contributed by atoms with Crippen LogP contribution >= 0.6 is 0 Å². The summed E-state index contributed by atoms with van der Waals surface area (Å²) < 4.78 is 43.3. The monoisotopic (exact) mass is 474 g/mol. The van der Waals surface area contributed by atoms with Gasteiger partial charge in [0.05, 0.1) is 0 Å². The third kappa shape index (κ3) is 4.51. The number of aryl methyl sites for hydroxylation is 3. The lowest BCUT2D eigenvalue weighted by Crippen LogP contribution is -2.24. The summed E-state index contributed by atoms with van der Waals surface area (Å²) in [5.41, 5.74) is 7.38. The minimum Gasteiger partial charge on any atom is -0.475 e. The number of fused-ring (bicyclic) bond motifs is 2. The van der Waals surface area contributed by atoms with Gasteiger partial charge in [0.25, 0.3) is 5.89 Å². The van der Waals surface area contributed by atoms with Crippen molar-refractivity contribution in [1.29, 1.82) is 0 Å². The van der Waals surface area contributed by atoms with Crippen molar-refractivity contribution in [2.75, 3.05) is 6.54 Å². The number of carboxylic acids is 1. The Labute approximate surface area is 191 Å². The summed E-state index contributed by atoms with van der Waals surface area (Å²) in [5, 5.41) is 15.8. The van der Waals surface area contributed by atoms with E-state index in [2.05, 4.69) is 33.4 Å². The first-order valence-corrected chi connectivity index (χ1v) is 10.4. The van der Waals surface area contributed by atoms with Crippen LogP contribution in [0.25, 0.3) is 34.0 Å². The zero-order chi connectivity index (χ0) is 24.6. The van der Waals surface area contributed by atoms with E-state index in [0.29, 0.717) is 17.5 Å². The summed E-state index contributed by atoms with van der Waals surface area (Å²) in [6.07, 6.45) is -2.21.